The molecule has 7 heteroatoms. The molecular weight excluding hydrogens is 380 g/mol. The van der Waals surface area contributed by atoms with Crippen LogP contribution in [0.4, 0.5) is 5.69 Å². The van der Waals surface area contributed by atoms with E-state index >= 15 is 0 Å². The fourth-order valence-electron chi connectivity index (χ4n) is 4.41. The van der Waals surface area contributed by atoms with Gasteiger partial charge in [-0.25, -0.2) is 0 Å². The van der Waals surface area contributed by atoms with Gasteiger partial charge in [-0.2, -0.15) is 0 Å². The van der Waals surface area contributed by atoms with Gasteiger partial charge in [0.05, 0.1) is 24.9 Å². The van der Waals surface area contributed by atoms with E-state index in [0.29, 0.717) is 63.2 Å². The Hall–Kier alpha value is -2.80. The Bertz CT molecular complexity index is 901. The number of hydrogen-bond acceptors (Lipinski definition) is 5. The molecule has 1 aromatic heterocycles. The molecule has 2 aromatic rings. The molecule has 1 atom stereocenters. The van der Waals surface area contributed by atoms with Crippen molar-refractivity contribution >= 4 is 17.5 Å². The van der Waals surface area contributed by atoms with Crippen molar-refractivity contribution in [3.8, 4) is 0 Å². The van der Waals surface area contributed by atoms with Crippen molar-refractivity contribution < 1.29 is 14.0 Å². The van der Waals surface area contributed by atoms with Crippen LogP contribution in [0.1, 0.15) is 35.5 Å². The van der Waals surface area contributed by atoms with Crippen LogP contribution in [0.15, 0.2) is 41.0 Å². The Morgan fingerprint density at radius 2 is 1.90 bits per heavy atom. The predicted molar refractivity (Wildman–Crippen MR) is 116 cm³/mol. The van der Waals surface area contributed by atoms with Crippen LogP contribution >= 0.6 is 0 Å². The fourth-order valence-corrected chi connectivity index (χ4v) is 4.41. The van der Waals surface area contributed by atoms with E-state index in [2.05, 4.69) is 46.3 Å². The summed E-state index contributed by atoms with van der Waals surface area (Å²) in [6.07, 6.45) is 2.62. The Balaban J connectivity index is 1.39. The molecule has 1 N–H and O–H groups in total. The van der Waals surface area contributed by atoms with E-state index in [4.69, 9.17) is 4.42 Å². The van der Waals surface area contributed by atoms with Crippen LogP contribution < -0.4 is 10.2 Å². The summed E-state index contributed by atoms with van der Waals surface area (Å²) in [7, 11) is 0. The van der Waals surface area contributed by atoms with Crippen molar-refractivity contribution in [3.05, 3.63) is 53.5 Å². The second kappa shape index (κ2) is 8.92. The van der Waals surface area contributed by atoms with E-state index in [9.17, 15) is 9.59 Å². The van der Waals surface area contributed by atoms with E-state index in [-0.39, 0.29) is 11.8 Å². The molecule has 2 aliphatic heterocycles. The minimum atomic E-state index is 0.0107. The van der Waals surface area contributed by atoms with Crippen LogP contribution in [-0.4, -0.2) is 66.9 Å². The number of rotatable bonds is 6. The fraction of sp³-hybridized carbons (Fsp3) is 0.478. The Labute approximate surface area is 177 Å². The van der Waals surface area contributed by atoms with Gasteiger partial charge in [-0.15, -0.1) is 0 Å². The Morgan fingerprint density at radius 1 is 1.13 bits per heavy atom. The first kappa shape index (κ1) is 20.5. The van der Waals surface area contributed by atoms with Gasteiger partial charge in [0.2, 0.25) is 5.91 Å². The number of benzene rings is 1. The topological polar surface area (TPSA) is 69.0 Å². The van der Waals surface area contributed by atoms with Gasteiger partial charge in [-0.3, -0.25) is 14.5 Å². The maximum atomic E-state index is 13.2. The molecule has 0 radical (unpaired) electrons. The van der Waals surface area contributed by atoms with E-state index in [0.717, 1.165) is 6.42 Å². The molecule has 1 saturated heterocycles. The van der Waals surface area contributed by atoms with Gasteiger partial charge in [-0.05, 0) is 38.0 Å². The second-order valence-electron chi connectivity index (χ2n) is 8.09. The van der Waals surface area contributed by atoms with Gasteiger partial charge in [0.25, 0.3) is 5.91 Å². The Kier molecular flexibility index (Phi) is 6.08. The minimum absolute atomic E-state index is 0.0107. The van der Waals surface area contributed by atoms with Crippen molar-refractivity contribution in [2.45, 2.75) is 32.9 Å². The van der Waals surface area contributed by atoms with Crippen LogP contribution in [-0.2, 0) is 17.8 Å². The largest absolute Gasteiger partial charge is 0.467 e. The molecule has 7 nitrogen and oxygen atoms in total. The maximum absolute atomic E-state index is 13.2. The molecule has 3 heterocycles. The summed E-state index contributed by atoms with van der Waals surface area (Å²) in [6.45, 7) is 8.37. The smallest absolute Gasteiger partial charge is 0.257 e. The van der Waals surface area contributed by atoms with Crippen molar-refractivity contribution in [1.29, 1.82) is 0 Å². The minimum Gasteiger partial charge on any atom is -0.467 e. The third-order valence-corrected chi connectivity index (χ3v) is 6.04. The highest BCUT2D eigenvalue weighted by Crippen LogP contribution is 2.33. The number of likely N-dealkylation sites (N-methyl/N-ethyl adjacent to an activating group) is 1. The van der Waals surface area contributed by atoms with Crippen molar-refractivity contribution in [1.82, 2.24) is 15.1 Å². The zero-order valence-corrected chi connectivity index (χ0v) is 17.8. The monoisotopic (exact) mass is 410 g/mol. The number of anilines is 1. The molecule has 1 aromatic carbocycles. The molecule has 30 heavy (non-hydrogen) atoms. The first-order chi connectivity index (χ1) is 14.6. The van der Waals surface area contributed by atoms with E-state index < -0.39 is 0 Å². The first-order valence-electron chi connectivity index (χ1n) is 10.8. The molecule has 0 saturated carbocycles. The summed E-state index contributed by atoms with van der Waals surface area (Å²) in [5.74, 6) is 0.763. The van der Waals surface area contributed by atoms with Crippen LogP contribution in [0.25, 0.3) is 0 Å². The van der Waals surface area contributed by atoms with Gasteiger partial charge < -0.3 is 19.5 Å². The normalized spacial score (nSPS) is 19.1. The third kappa shape index (κ3) is 4.21. The van der Waals surface area contributed by atoms with Gasteiger partial charge in [0.15, 0.2) is 0 Å². The number of hydrogen-bond donors (Lipinski definition) is 1. The number of carbonyl (C=O) groups excluding carboxylic acids is 2. The molecule has 1 unspecified atom stereocenters. The average molecular weight is 411 g/mol. The molecule has 1 fully saturated rings. The highest BCUT2D eigenvalue weighted by atomic mass is 16.3. The van der Waals surface area contributed by atoms with Crippen molar-refractivity contribution in [2.75, 3.05) is 44.2 Å². The molecule has 2 aliphatic rings. The summed E-state index contributed by atoms with van der Waals surface area (Å²) >= 11 is 0. The van der Waals surface area contributed by atoms with E-state index in [1.54, 1.807) is 12.3 Å². The number of nitrogens with zero attached hydrogens (tertiary/aromatic N) is 3. The molecule has 2 amide bonds. The number of carbonyl (C=O) groups is 2. The molecule has 4 rings (SSSR count). The number of nitrogens with one attached hydrogen (secondary N) is 1. The summed E-state index contributed by atoms with van der Waals surface area (Å²) < 4.78 is 5.75. The van der Waals surface area contributed by atoms with E-state index in [1.807, 2.05) is 11.8 Å². The Morgan fingerprint density at radius 3 is 2.67 bits per heavy atom. The lowest BCUT2D eigenvalue weighted by molar-refractivity contribution is -0.122. The van der Waals surface area contributed by atoms with Gasteiger partial charge >= 0.3 is 0 Å². The average Bonchev–Trinajstić information content (AvgIpc) is 3.33. The van der Waals surface area contributed by atoms with Crippen molar-refractivity contribution in [2.24, 2.45) is 0 Å². The van der Waals surface area contributed by atoms with Crippen LogP contribution in [0.3, 0.4) is 0 Å². The number of amides is 2. The van der Waals surface area contributed by atoms with Gasteiger partial charge in [0, 0.05) is 44.5 Å². The van der Waals surface area contributed by atoms with Crippen LogP contribution in [0, 0.1) is 0 Å². The lowest BCUT2D eigenvalue weighted by atomic mass is 10.1. The zero-order chi connectivity index (χ0) is 21.1. The number of fused-ring (bicyclic) bond motifs is 1. The molecular formula is C23H30N4O3. The van der Waals surface area contributed by atoms with Crippen LogP contribution in [0.5, 0.6) is 0 Å². The van der Waals surface area contributed by atoms with E-state index in [1.165, 1.54) is 11.3 Å². The van der Waals surface area contributed by atoms with Gasteiger partial charge in [-0.1, -0.05) is 18.2 Å². The third-order valence-electron chi connectivity index (χ3n) is 6.04. The SMILES string of the molecule is CCNC(=O)CN1CCN(C(=O)c2ccoc2CN2c3ccccc3CC2C)CC1. The lowest BCUT2D eigenvalue weighted by Gasteiger charge is -2.34. The summed E-state index contributed by atoms with van der Waals surface area (Å²) in [5, 5.41) is 2.82. The lowest BCUT2D eigenvalue weighted by Crippen LogP contribution is -2.51. The maximum Gasteiger partial charge on any atom is 0.257 e. The molecule has 160 valence electrons. The van der Waals surface area contributed by atoms with Gasteiger partial charge in [0.1, 0.15) is 5.76 Å². The standard InChI is InChI=1S/C23H30N4O3/c1-3-24-22(28)16-25-9-11-26(12-10-25)23(29)19-8-13-30-21(19)15-27-17(2)14-18-6-4-5-7-20(18)27/h4-8,13,17H,3,9-12,14-16H2,1-2H3,(H,24,28). The quantitative estimate of drug-likeness (QED) is 0.790. The summed E-state index contributed by atoms with van der Waals surface area (Å²) in [6, 6.07) is 10.6. The first-order valence-corrected chi connectivity index (χ1v) is 10.8. The van der Waals surface area contributed by atoms with Crippen LogP contribution in [0.2, 0.25) is 0 Å². The van der Waals surface area contributed by atoms with Crippen molar-refractivity contribution in [3.63, 3.8) is 0 Å². The summed E-state index contributed by atoms with van der Waals surface area (Å²) in [4.78, 5) is 31.2. The molecule has 0 aliphatic carbocycles. The molecule has 0 spiro atoms. The zero-order valence-electron chi connectivity index (χ0n) is 17.8. The predicted octanol–water partition coefficient (Wildman–Crippen LogP) is 2.12. The highest BCUT2D eigenvalue weighted by molar-refractivity contribution is 5.95. The summed E-state index contributed by atoms with van der Waals surface area (Å²) in [5.41, 5.74) is 3.20. The number of piperazine rings is 1. The number of para-hydroxylation sites is 1. The second-order valence-corrected chi connectivity index (χ2v) is 8.09. The number of furan rings is 1. The molecule has 0 bridgehead atoms. The highest BCUT2D eigenvalue weighted by Gasteiger charge is 2.30.